The van der Waals surface area contributed by atoms with E-state index in [1.54, 1.807) is 35.7 Å². The third kappa shape index (κ3) is 4.38. The summed E-state index contributed by atoms with van der Waals surface area (Å²) in [6.07, 6.45) is 1.73. The first-order chi connectivity index (χ1) is 14.1. The molecule has 0 aliphatic rings. The molecule has 0 amide bonds. The molecule has 4 rings (SSSR count). The zero-order valence-electron chi connectivity index (χ0n) is 15.8. The van der Waals surface area contributed by atoms with Crippen LogP contribution in [-0.2, 0) is 21.3 Å². The highest BCUT2D eigenvalue weighted by Gasteiger charge is 2.15. The average Bonchev–Trinajstić information content (AvgIpc) is 3.20. The number of fused-ring (bicyclic) bond motifs is 2. The quantitative estimate of drug-likeness (QED) is 0.418. The minimum atomic E-state index is -3.61. The van der Waals surface area contributed by atoms with Gasteiger partial charge in [0.15, 0.2) is 0 Å². The van der Waals surface area contributed by atoms with Crippen LogP contribution in [-0.4, -0.2) is 38.6 Å². The van der Waals surface area contributed by atoms with E-state index in [1.165, 1.54) is 7.11 Å². The summed E-state index contributed by atoms with van der Waals surface area (Å²) >= 11 is 1.61. The summed E-state index contributed by atoms with van der Waals surface area (Å²) in [5.74, 6) is 0. The molecule has 2 aromatic carbocycles. The van der Waals surface area contributed by atoms with Gasteiger partial charge in [-0.3, -0.25) is 4.98 Å². The van der Waals surface area contributed by atoms with Crippen molar-refractivity contribution in [3.05, 3.63) is 59.7 Å². The zero-order chi connectivity index (χ0) is 20.3. The molecule has 0 radical (unpaired) electrons. The molecule has 0 saturated heterocycles. The van der Waals surface area contributed by atoms with Crippen LogP contribution < -0.4 is 10.0 Å². The maximum Gasteiger partial charge on any atom is 0.240 e. The lowest BCUT2D eigenvalue weighted by Gasteiger charge is -2.11. The van der Waals surface area contributed by atoms with E-state index in [-0.39, 0.29) is 11.4 Å². The van der Waals surface area contributed by atoms with Crippen LogP contribution >= 0.6 is 11.3 Å². The second-order valence-corrected chi connectivity index (χ2v) is 9.08. The normalized spacial score (nSPS) is 11.9. The Labute approximate surface area is 172 Å². The molecule has 4 aromatic rings. The molecule has 0 aliphatic heterocycles. The topological polar surface area (TPSA) is 93.2 Å². The first-order valence-electron chi connectivity index (χ1n) is 9.00. The van der Waals surface area contributed by atoms with E-state index >= 15 is 0 Å². The highest BCUT2D eigenvalue weighted by atomic mass is 32.2. The third-order valence-electron chi connectivity index (χ3n) is 4.53. The Balaban J connectivity index is 1.60. The van der Waals surface area contributed by atoms with E-state index in [9.17, 15) is 8.42 Å². The van der Waals surface area contributed by atoms with Gasteiger partial charge in [-0.25, -0.2) is 18.1 Å². The molecule has 0 fully saturated rings. The average molecular weight is 429 g/mol. The van der Waals surface area contributed by atoms with E-state index < -0.39 is 10.0 Å². The lowest BCUT2D eigenvalue weighted by Crippen LogP contribution is -2.27. The summed E-state index contributed by atoms with van der Waals surface area (Å²) in [4.78, 5) is 8.90. The molecule has 2 heterocycles. The van der Waals surface area contributed by atoms with Gasteiger partial charge in [-0.05, 0) is 48.0 Å². The number of hydrogen-bond acceptors (Lipinski definition) is 7. The van der Waals surface area contributed by atoms with Gasteiger partial charge in [0.2, 0.25) is 10.0 Å². The lowest BCUT2D eigenvalue weighted by molar-refractivity contribution is 0.204. The molecule has 29 heavy (non-hydrogen) atoms. The fourth-order valence-electron chi connectivity index (χ4n) is 3.03. The number of sulfonamides is 1. The van der Waals surface area contributed by atoms with Crippen molar-refractivity contribution in [1.82, 2.24) is 14.7 Å². The second kappa shape index (κ2) is 8.42. The van der Waals surface area contributed by atoms with Gasteiger partial charge in [0, 0.05) is 37.5 Å². The zero-order valence-corrected chi connectivity index (χ0v) is 17.4. The minimum absolute atomic E-state index is 0.208. The molecule has 150 valence electrons. The van der Waals surface area contributed by atoms with Crippen molar-refractivity contribution >= 4 is 48.2 Å². The first-order valence-corrected chi connectivity index (χ1v) is 11.4. The number of thiazole rings is 1. The maximum atomic E-state index is 12.5. The highest BCUT2D eigenvalue weighted by molar-refractivity contribution is 7.89. The van der Waals surface area contributed by atoms with E-state index in [0.717, 1.165) is 32.4 Å². The predicted molar refractivity (Wildman–Crippen MR) is 116 cm³/mol. The van der Waals surface area contributed by atoms with Crippen LogP contribution in [0.25, 0.3) is 21.1 Å². The molecular weight excluding hydrogens is 408 g/mol. The van der Waals surface area contributed by atoms with Gasteiger partial charge in [-0.1, -0.05) is 0 Å². The number of nitrogens with one attached hydrogen (secondary N) is 2. The van der Waals surface area contributed by atoms with Crippen molar-refractivity contribution in [2.24, 2.45) is 0 Å². The van der Waals surface area contributed by atoms with Gasteiger partial charge >= 0.3 is 0 Å². The molecule has 0 aliphatic carbocycles. The number of aromatic nitrogens is 2. The van der Waals surface area contributed by atoms with Crippen LogP contribution in [0.5, 0.6) is 0 Å². The molecule has 0 spiro atoms. The van der Waals surface area contributed by atoms with Gasteiger partial charge in [0.1, 0.15) is 0 Å². The third-order valence-corrected chi connectivity index (χ3v) is 6.79. The molecule has 0 saturated carbocycles. The summed E-state index contributed by atoms with van der Waals surface area (Å²) in [6, 6.07) is 12.9. The van der Waals surface area contributed by atoms with Gasteiger partial charge in [0.25, 0.3) is 0 Å². The molecule has 0 unspecified atom stereocenters. The highest BCUT2D eigenvalue weighted by Crippen LogP contribution is 2.24. The standard InChI is InChI=1S/C20H20N4O3S2/c1-27-9-8-24-29(25,26)16-3-4-18-17(11-16)14(6-7-21-18)12-22-15-2-5-20-19(10-15)23-13-28-20/h2-7,10-11,13,22,24H,8-9,12H2,1H3. The summed E-state index contributed by atoms with van der Waals surface area (Å²) in [7, 11) is -2.08. The van der Waals surface area contributed by atoms with Crippen molar-refractivity contribution in [3.8, 4) is 0 Å². The largest absolute Gasteiger partial charge is 0.383 e. The summed E-state index contributed by atoms with van der Waals surface area (Å²) < 4.78 is 33.6. The van der Waals surface area contributed by atoms with Crippen LogP contribution in [0.3, 0.4) is 0 Å². The van der Waals surface area contributed by atoms with Crippen LogP contribution in [0.1, 0.15) is 5.56 Å². The Kier molecular flexibility index (Phi) is 5.72. The Morgan fingerprint density at radius 3 is 2.83 bits per heavy atom. The SMILES string of the molecule is COCCNS(=O)(=O)c1ccc2nccc(CNc3ccc4scnc4c3)c2c1. The van der Waals surface area contributed by atoms with Gasteiger partial charge < -0.3 is 10.1 Å². The van der Waals surface area contributed by atoms with Crippen molar-refractivity contribution in [2.45, 2.75) is 11.4 Å². The summed E-state index contributed by atoms with van der Waals surface area (Å²) in [6.45, 7) is 1.07. The minimum Gasteiger partial charge on any atom is -0.383 e. The van der Waals surface area contributed by atoms with Gasteiger partial charge in [-0.2, -0.15) is 0 Å². The van der Waals surface area contributed by atoms with Crippen LogP contribution in [0.4, 0.5) is 5.69 Å². The molecule has 2 N–H and O–H groups in total. The number of nitrogens with zero attached hydrogens (tertiary/aromatic N) is 2. The van der Waals surface area contributed by atoms with Crippen molar-refractivity contribution in [1.29, 1.82) is 0 Å². The number of pyridine rings is 1. The Bertz CT molecular complexity index is 1260. The van der Waals surface area contributed by atoms with E-state index in [2.05, 4.69) is 20.0 Å². The summed E-state index contributed by atoms with van der Waals surface area (Å²) in [5, 5.41) is 4.19. The van der Waals surface area contributed by atoms with Crippen LogP contribution in [0, 0.1) is 0 Å². The van der Waals surface area contributed by atoms with E-state index in [1.807, 2.05) is 29.8 Å². The molecule has 0 atom stereocenters. The van der Waals surface area contributed by atoms with Crippen molar-refractivity contribution in [2.75, 3.05) is 25.6 Å². The predicted octanol–water partition coefficient (Wildman–Crippen LogP) is 3.38. The van der Waals surface area contributed by atoms with Gasteiger partial charge in [0.05, 0.1) is 32.7 Å². The lowest BCUT2D eigenvalue weighted by atomic mass is 10.1. The number of ether oxygens (including phenoxy) is 1. The molecule has 7 nitrogen and oxygen atoms in total. The number of benzene rings is 2. The Hall–Kier alpha value is -2.59. The molecule has 9 heteroatoms. The molecular formula is C20H20N4O3S2. The number of methoxy groups -OCH3 is 1. The van der Waals surface area contributed by atoms with Crippen molar-refractivity contribution in [3.63, 3.8) is 0 Å². The number of hydrogen-bond donors (Lipinski definition) is 2. The maximum absolute atomic E-state index is 12.5. The number of rotatable bonds is 8. The number of anilines is 1. The fourth-order valence-corrected chi connectivity index (χ4v) is 4.73. The van der Waals surface area contributed by atoms with Crippen LogP contribution in [0.15, 0.2) is 59.1 Å². The van der Waals surface area contributed by atoms with Crippen molar-refractivity contribution < 1.29 is 13.2 Å². The van der Waals surface area contributed by atoms with E-state index in [4.69, 9.17) is 4.74 Å². The van der Waals surface area contributed by atoms with Gasteiger partial charge in [-0.15, -0.1) is 11.3 Å². The Morgan fingerprint density at radius 1 is 1.07 bits per heavy atom. The fraction of sp³-hybridized carbons (Fsp3) is 0.200. The first kappa shape index (κ1) is 19.7. The smallest absolute Gasteiger partial charge is 0.240 e. The second-order valence-electron chi connectivity index (χ2n) is 6.43. The monoisotopic (exact) mass is 428 g/mol. The molecule has 2 aromatic heterocycles. The summed E-state index contributed by atoms with van der Waals surface area (Å²) in [5.41, 5.74) is 5.44. The van der Waals surface area contributed by atoms with E-state index in [0.29, 0.717) is 13.2 Å². The Morgan fingerprint density at radius 2 is 1.97 bits per heavy atom. The molecule has 0 bridgehead atoms. The van der Waals surface area contributed by atoms with Crippen LogP contribution in [0.2, 0.25) is 0 Å².